The second kappa shape index (κ2) is 12.3. The summed E-state index contributed by atoms with van der Waals surface area (Å²) in [6, 6.07) is 0. The van der Waals surface area contributed by atoms with Gasteiger partial charge in [0.15, 0.2) is 6.29 Å². The normalized spacial score (nSPS) is 47.9. The van der Waals surface area contributed by atoms with Crippen molar-refractivity contribution >= 4 is 0 Å². The third kappa shape index (κ3) is 5.64. The van der Waals surface area contributed by atoms with Crippen molar-refractivity contribution < 1.29 is 29.9 Å². The molecule has 4 aliphatic carbocycles. The van der Waals surface area contributed by atoms with Crippen molar-refractivity contribution in [2.75, 3.05) is 6.61 Å². The number of fused-ring (bicyclic) bond motifs is 5. The first-order valence-electron chi connectivity index (χ1n) is 16.8. The Bertz CT molecular complexity index is 960. The second-order valence-corrected chi connectivity index (χ2v) is 15.3. The topological polar surface area (TPSA) is 99.4 Å². The number of allylic oxidation sites excluding steroid dienone is 4. The van der Waals surface area contributed by atoms with E-state index in [0.717, 1.165) is 31.6 Å². The van der Waals surface area contributed by atoms with Gasteiger partial charge in [0.1, 0.15) is 24.4 Å². The Hall–Kier alpha value is -0.760. The molecule has 1 aliphatic heterocycles. The molecule has 41 heavy (non-hydrogen) atoms. The maximum absolute atomic E-state index is 10.5. The van der Waals surface area contributed by atoms with Crippen molar-refractivity contribution in [3.8, 4) is 0 Å². The number of hydrogen-bond donors (Lipinski definition) is 4. The molecule has 5 rings (SSSR count). The summed E-state index contributed by atoms with van der Waals surface area (Å²) in [5.41, 5.74) is 2.41. The van der Waals surface area contributed by atoms with Crippen LogP contribution in [0.3, 0.4) is 0 Å². The minimum Gasteiger partial charge on any atom is -0.394 e. The van der Waals surface area contributed by atoms with Crippen molar-refractivity contribution in [2.24, 2.45) is 52.3 Å². The number of rotatable bonds is 8. The molecule has 0 unspecified atom stereocenters. The van der Waals surface area contributed by atoms with Crippen molar-refractivity contribution in [2.45, 2.75) is 136 Å². The Kier molecular flexibility index (Phi) is 9.51. The van der Waals surface area contributed by atoms with Crippen LogP contribution in [0.25, 0.3) is 0 Å². The first kappa shape index (κ1) is 31.7. The average Bonchev–Trinajstić information content (AvgIpc) is 3.30. The lowest BCUT2D eigenvalue weighted by atomic mass is 9.47. The van der Waals surface area contributed by atoms with Crippen LogP contribution in [0.1, 0.15) is 99.3 Å². The molecule has 4 fully saturated rings. The molecule has 1 saturated heterocycles. The van der Waals surface area contributed by atoms with Gasteiger partial charge in [-0.25, -0.2) is 0 Å². The molecule has 234 valence electrons. The van der Waals surface area contributed by atoms with Crippen molar-refractivity contribution in [1.29, 1.82) is 0 Å². The molecule has 14 atom stereocenters. The third-order valence-electron chi connectivity index (χ3n) is 12.9. The van der Waals surface area contributed by atoms with Gasteiger partial charge in [-0.2, -0.15) is 0 Å². The molecule has 0 bridgehead atoms. The van der Waals surface area contributed by atoms with E-state index in [1.165, 1.54) is 32.1 Å². The van der Waals surface area contributed by atoms with Crippen LogP contribution in [0.2, 0.25) is 0 Å². The average molecular weight is 575 g/mol. The summed E-state index contributed by atoms with van der Waals surface area (Å²) in [5.74, 6) is 4.61. The third-order valence-corrected chi connectivity index (χ3v) is 12.9. The quantitative estimate of drug-likeness (QED) is 0.281. The van der Waals surface area contributed by atoms with E-state index in [0.29, 0.717) is 40.9 Å². The van der Waals surface area contributed by atoms with Gasteiger partial charge >= 0.3 is 0 Å². The molecule has 0 aromatic rings. The minimum absolute atomic E-state index is 0.0698. The molecule has 4 N–H and O–H groups in total. The summed E-state index contributed by atoms with van der Waals surface area (Å²) < 4.78 is 11.9. The molecule has 0 radical (unpaired) electrons. The maximum atomic E-state index is 10.5. The predicted octanol–water partition coefficient (Wildman–Crippen LogP) is 5.63. The van der Waals surface area contributed by atoms with Gasteiger partial charge in [0.2, 0.25) is 0 Å². The van der Waals surface area contributed by atoms with Gasteiger partial charge in [-0.3, -0.25) is 0 Å². The number of aliphatic hydroxyl groups excluding tert-OH is 4. The highest BCUT2D eigenvalue weighted by Gasteiger charge is 2.58. The van der Waals surface area contributed by atoms with E-state index in [2.05, 4.69) is 59.8 Å². The highest BCUT2D eigenvalue weighted by molar-refractivity contribution is 5.28. The fraction of sp³-hybridized carbons (Fsp3) is 0.886. The standard InChI is InChI=1S/C35H58O6/c1-7-22(20(2)3)9-8-21(4)26-12-13-27-25-11-10-23-18-24(14-16-34(23,5)28(25)15-17-35(26,27)6)40-33-32(39)31(38)30(37)29(19-36)41-33/h8-9,11,20-24,26-33,36-39H,7,10,12-19H2,1-6H3/b9-8+/t21-,22+,23+,24+,26-,27+,28+,29-,30-,31+,32-,33-,34+,35-/m1/s1. The maximum Gasteiger partial charge on any atom is 0.186 e. The van der Waals surface area contributed by atoms with E-state index in [4.69, 9.17) is 9.47 Å². The summed E-state index contributed by atoms with van der Waals surface area (Å²) >= 11 is 0. The van der Waals surface area contributed by atoms with E-state index in [-0.39, 0.29) is 11.5 Å². The van der Waals surface area contributed by atoms with E-state index >= 15 is 0 Å². The minimum atomic E-state index is -1.40. The SMILES string of the molecule is CC[C@@H](/C=C/[C@@H](C)[C@H]1CC[C@H]2C3=CC[C@H]4C[C@@H](O[C@@H]5O[C@H](CO)[C@@H](O)[C@H](O)[C@H]5O)CC[C@]4(C)[C@H]3CC[C@]12C)C(C)C. The summed E-state index contributed by atoms with van der Waals surface area (Å²) in [5, 5.41) is 40.4. The van der Waals surface area contributed by atoms with Gasteiger partial charge in [-0.05, 0) is 110 Å². The van der Waals surface area contributed by atoms with Crippen LogP contribution in [0.4, 0.5) is 0 Å². The monoisotopic (exact) mass is 574 g/mol. The van der Waals surface area contributed by atoms with Crippen LogP contribution < -0.4 is 0 Å². The highest BCUT2D eigenvalue weighted by atomic mass is 16.7. The molecule has 1 heterocycles. The summed E-state index contributed by atoms with van der Waals surface area (Å²) in [7, 11) is 0. The lowest BCUT2D eigenvalue weighted by Gasteiger charge is -2.58. The van der Waals surface area contributed by atoms with Crippen molar-refractivity contribution in [3.63, 3.8) is 0 Å². The van der Waals surface area contributed by atoms with Crippen molar-refractivity contribution in [3.05, 3.63) is 23.8 Å². The van der Waals surface area contributed by atoms with Gasteiger partial charge in [-0.1, -0.05) is 65.3 Å². The second-order valence-electron chi connectivity index (χ2n) is 15.3. The lowest BCUT2D eigenvalue weighted by molar-refractivity contribution is -0.315. The Morgan fingerprint density at radius 2 is 1.66 bits per heavy atom. The summed E-state index contributed by atoms with van der Waals surface area (Å²) in [6.07, 6.45) is 12.0. The Morgan fingerprint density at radius 1 is 0.951 bits per heavy atom. The van der Waals surface area contributed by atoms with Crippen LogP contribution in [-0.2, 0) is 9.47 Å². The van der Waals surface area contributed by atoms with Gasteiger partial charge in [-0.15, -0.1) is 0 Å². The zero-order chi connectivity index (χ0) is 29.7. The first-order chi connectivity index (χ1) is 19.4. The Labute approximate surface area is 248 Å². The smallest absolute Gasteiger partial charge is 0.186 e. The van der Waals surface area contributed by atoms with Gasteiger partial charge in [0.05, 0.1) is 12.7 Å². The molecular weight excluding hydrogens is 516 g/mol. The fourth-order valence-electron chi connectivity index (χ4n) is 10.2. The van der Waals surface area contributed by atoms with Crippen molar-refractivity contribution in [1.82, 2.24) is 0 Å². The van der Waals surface area contributed by atoms with Crippen LogP contribution in [0.15, 0.2) is 23.8 Å². The number of aliphatic hydroxyl groups is 4. The van der Waals surface area contributed by atoms with Gasteiger partial charge in [0, 0.05) is 0 Å². The van der Waals surface area contributed by atoms with Crippen LogP contribution in [0, 0.1) is 52.3 Å². The Morgan fingerprint density at radius 3 is 2.34 bits per heavy atom. The molecule has 5 aliphatic rings. The number of hydrogen-bond acceptors (Lipinski definition) is 6. The Balaban J connectivity index is 1.26. The molecule has 0 amide bonds. The van der Waals surface area contributed by atoms with E-state index in [1.54, 1.807) is 5.57 Å². The zero-order valence-electron chi connectivity index (χ0n) is 26.4. The lowest BCUT2D eigenvalue weighted by Crippen LogP contribution is -2.60. The van der Waals surface area contributed by atoms with Gasteiger partial charge in [0.25, 0.3) is 0 Å². The molecule has 0 aromatic heterocycles. The van der Waals surface area contributed by atoms with Crippen LogP contribution in [0.5, 0.6) is 0 Å². The highest BCUT2D eigenvalue weighted by Crippen LogP contribution is 2.67. The van der Waals surface area contributed by atoms with E-state index in [1.807, 2.05) is 0 Å². The molecule has 0 aromatic carbocycles. The molecule has 6 heteroatoms. The largest absolute Gasteiger partial charge is 0.394 e. The predicted molar refractivity (Wildman–Crippen MR) is 161 cm³/mol. The van der Waals surface area contributed by atoms with E-state index in [9.17, 15) is 20.4 Å². The zero-order valence-corrected chi connectivity index (χ0v) is 26.4. The summed E-state index contributed by atoms with van der Waals surface area (Å²) in [6.45, 7) is 14.2. The van der Waals surface area contributed by atoms with Crippen LogP contribution in [-0.4, -0.2) is 63.8 Å². The number of ether oxygens (including phenoxy) is 2. The first-order valence-corrected chi connectivity index (χ1v) is 16.8. The fourth-order valence-corrected chi connectivity index (χ4v) is 10.2. The van der Waals surface area contributed by atoms with Crippen LogP contribution >= 0.6 is 0 Å². The summed E-state index contributed by atoms with van der Waals surface area (Å²) in [4.78, 5) is 0. The molecule has 3 saturated carbocycles. The molecular formula is C35H58O6. The molecule has 6 nitrogen and oxygen atoms in total. The van der Waals surface area contributed by atoms with E-state index < -0.39 is 37.3 Å². The van der Waals surface area contributed by atoms with Gasteiger partial charge < -0.3 is 29.9 Å². The molecule has 0 spiro atoms.